The van der Waals surface area contributed by atoms with Gasteiger partial charge in [0, 0.05) is 13.1 Å². The van der Waals surface area contributed by atoms with Crippen LogP contribution in [-0.4, -0.2) is 34.9 Å². The number of nitrogens with zero attached hydrogens (tertiary/aromatic N) is 2. The van der Waals surface area contributed by atoms with Crippen LogP contribution in [-0.2, 0) is 4.79 Å². The topological polar surface area (TPSA) is 78.9 Å². The molecule has 5 heteroatoms. The van der Waals surface area contributed by atoms with Crippen LogP contribution < -0.4 is 5.73 Å². The first-order chi connectivity index (χ1) is 9.31. The van der Waals surface area contributed by atoms with Gasteiger partial charge in [-0.1, -0.05) is 25.9 Å². The van der Waals surface area contributed by atoms with Crippen LogP contribution in [0.1, 0.15) is 52.9 Å². The molecular weight excluding hydrogens is 254 g/mol. The van der Waals surface area contributed by atoms with Crippen LogP contribution >= 0.6 is 0 Å². The quantitative estimate of drug-likeness (QED) is 0.352. The number of carbonyl (C=O) groups excluding carboxylic acids is 1. The summed E-state index contributed by atoms with van der Waals surface area (Å²) in [5.41, 5.74) is 5.30. The van der Waals surface area contributed by atoms with E-state index in [0.717, 1.165) is 25.9 Å². The van der Waals surface area contributed by atoms with Crippen molar-refractivity contribution >= 4 is 11.7 Å². The van der Waals surface area contributed by atoms with E-state index in [2.05, 4.69) is 25.9 Å². The fourth-order valence-electron chi connectivity index (χ4n) is 3.27. The first kappa shape index (κ1) is 15.1. The predicted octanol–water partition coefficient (Wildman–Crippen LogP) is 2.19. The number of amides is 1. The van der Waals surface area contributed by atoms with Crippen molar-refractivity contribution in [1.82, 2.24) is 4.90 Å². The molecule has 1 unspecified atom stereocenters. The predicted molar refractivity (Wildman–Crippen MR) is 78.5 cm³/mol. The molecule has 2 rings (SSSR count). The van der Waals surface area contributed by atoms with Crippen LogP contribution in [0, 0.1) is 16.7 Å². The Labute approximate surface area is 121 Å². The van der Waals surface area contributed by atoms with Crippen molar-refractivity contribution < 1.29 is 10.0 Å². The van der Waals surface area contributed by atoms with Crippen molar-refractivity contribution in [2.24, 2.45) is 27.6 Å². The number of amidine groups is 1. The molecule has 0 radical (unpaired) electrons. The number of oxime groups is 1. The van der Waals surface area contributed by atoms with Gasteiger partial charge in [0.2, 0.25) is 5.91 Å². The van der Waals surface area contributed by atoms with Gasteiger partial charge in [-0.15, -0.1) is 0 Å². The molecule has 20 heavy (non-hydrogen) atoms. The van der Waals surface area contributed by atoms with Gasteiger partial charge in [0.05, 0.1) is 0 Å². The lowest BCUT2D eigenvalue weighted by Gasteiger charge is -2.30. The number of hydrogen-bond donors (Lipinski definition) is 2. The summed E-state index contributed by atoms with van der Waals surface area (Å²) in [6, 6.07) is 0. The highest BCUT2D eigenvalue weighted by molar-refractivity contribution is 6.09. The van der Waals surface area contributed by atoms with Gasteiger partial charge in [0.15, 0.2) is 5.84 Å². The molecule has 1 amide bonds. The van der Waals surface area contributed by atoms with Crippen LogP contribution in [0.25, 0.3) is 0 Å². The Balaban J connectivity index is 2.03. The van der Waals surface area contributed by atoms with Crippen LogP contribution in [0.3, 0.4) is 0 Å². The molecule has 1 saturated heterocycles. The third-order valence-electron chi connectivity index (χ3n) is 5.00. The van der Waals surface area contributed by atoms with Crippen LogP contribution in [0.5, 0.6) is 0 Å². The highest BCUT2D eigenvalue weighted by atomic mass is 16.4. The number of carbonyl (C=O) groups is 1. The average Bonchev–Trinajstić information content (AvgIpc) is 3.19. The van der Waals surface area contributed by atoms with E-state index in [1.807, 2.05) is 4.90 Å². The van der Waals surface area contributed by atoms with E-state index in [9.17, 15) is 4.79 Å². The molecule has 0 aromatic rings. The Morgan fingerprint density at radius 2 is 1.95 bits per heavy atom. The highest BCUT2D eigenvalue weighted by Crippen LogP contribution is 2.48. The lowest BCUT2D eigenvalue weighted by molar-refractivity contribution is -0.134. The molecule has 2 fully saturated rings. The van der Waals surface area contributed by atoms with E-state index in [1.165, 1.54) is 6.42 Å². The Morgan fingerprint density at radius 3 is 2.45 bits per heavy atom. The summed E-state index contributed by atoms with van der Waals surface area (Å²) in [4.78, 5) is 14.6. The first-order valence-corrected chi connectivity index (χ1v) is 7.58. The van der Waals surface area contributed by atoms with E-state index < -0.39 is 5.41 Å². The number of rotatable bonds is 2. The van der Waals surface area contributed by atoms with Gasteiger partial charge >= 0.3 is 0 Å². The zero-order chi connectivity index (χ0) is 15.0. The smallest absolute Gasteiger partial charge is 0.236 e. The SMILES string of the molecule is CC(C)(C)C1CCCN(C(=O)C2(C(N)=NO)CC2)CC1. The fourth-order valence-corrected chi connectivity index (χ4v) is 3.27. The summed E-state index contributed by atoms with van der Waals surface area (Å²) in [6.45, 7) is 8.41. The lowest BCUT2D eigenvalue weighted by Crippen LogP contribution is -2.44. The maximum Gasteiger partial charge on any atom is 0.236 e. The maximum atomic E-state index is 12.6. The van der Waals surface area contributed by atoms with Crippen LogP contribution in [0.4, 0.5) is 0 Å². The standard InChI is InChI=1S/C15H27N3O2/c1-14(2,3)11-5-4-9-18(10-6-11)13(19)15(7-8-15)12(16)17-20/h11,20H,4-10H2,1-3H3,(H2,16,17). The molecule has 0 bridgehead atoms. The summed E-state index contributed by atoms with van der Waals surface area (Å²) >= 11 is 0. The minimum absolute atomic E-state index is 0.0577. The summed E-state index contributed by atoms with van der Waals surface area (Å²) < 4.78 is 0. The van der Waals surface area contributed by atoms with Gasteiger partial charge in [-0.05, 0) is 43.4 Å². The molecule has 114 valence electrons. The minimum atomic E-state index is -0.698. The largest absolute Gasteiger partial charge is 0.409 e. The molecule has 0 aromatic carbocycles. The van der Waals surface area contributed by atoms with Crippen molar-refractivity contribution in [3.63, 3.8) is 0 Å². The first-order valence-electron chi connectivity index (χ1n) is 7.58. The highest BCUT2D eigenvalue weighted by Gasteiger charge is 2.55. The van der Waals surface area contributed by atoms with E-state index in [-0.39, 0.29) is 11.7 Å². The monoisotopic (exact) mass is 281 g/mol. The molecule has 1 aliphatic heterocycles. The number of likely N-dealkylation sites (tertiary alicyclic amines) is 1. The fraction of sp³-hybridized carbons (Fsp3) is 0.867. The lowest BCUT2D eigenvalue weighted by atomic mass is 9.77. The zero-order valence-corrected chi connectivity index (χ0v) is 12.9. The van der Waals surface area contributed by atoms with E-state index in [4.69, 9.17) is 10.9 Å². The molecule has 0 aromatic heterocycles. The molecule has 5 nitrogen and oxygen atoms in total. The minimum Gasteiger partial charge on any atom is -0.409 e. The van der Waals surface area contributed by atoms with Gasteiger partial charge in [-0.2, -0.15) is 0 Å². The number of hydrogen-bond acceptors (Lipinski definition) is 3. The second-order valence-electron chi connectivity index (χ2n) is 7.35. The second-order valence-corrected chi connectivity index (χ2v) is 7.35. The molecule has 2 aliphatic rings. The number of nitrogens with two attached hydrogens (primary N) is 1. The van der Waals surface area contributed by atoms with Gasteiger partial charge in [-0.3, -0.25) is 4.79 Å². The van der Waals surface area contributed by atoms with Gasteiger partial charge < -0.3 is 15.8 Å². The molecular formula is C15H27N3O2. The Kier molecular flexibility index (Phi) is 3.98. The third-order valence-corrected chi connectivity index (χ3v) is 5.00. The Morgan fingerprint density at radius 1 is 1.30 bits per heavy atom. The van der Waals surface area contributed by atoms with Gasteiger partial charge in [-0.25, -0.2) is 0 Å². The third kappa shape index (κ3) is 2.76. The van der Waals surface area contributed by atoms with Gasteiger partial charge in [0.1, 0.15) is 5.41 Å². The van der Waals surface area contributed by atoms with E-state index in [1.54, 1.807) is 0 Å². The van der Waals surface area contributed by atoms with E-state index >= 15 is 0 Å². The van der Waals surface area contributed by atoms with Crippen molar-refractivity contribution in [3.8, 4) is 0 Å². The summed E-state index contributed by atoms with van der Waals surface area (Å²) in [5.74, 6) is 0.792. The van der Waals surface area contributed by atoms with Crippen molar-refractivity contribution in [2.45, 2.75) is 52.9 Å². The molecule has 1 aliphatic carbocycles. The molecule has 3 N–H and O–H groups in total. The van der Waals surface area contributed by atoms with E-state index in [0.29, 0.717) is 24.2 Å². The summed E-state index contributed by atoms with van der Waals surface area (Å²) in [5, 5.41) is 11.9. The summed E-state index contributed by atoms with van der Waals surface area (Å²) in [7, 11) is 0. The van der Waals surface area contributed by atoms with Crippen molar-refractivity contribution in [2.75, 3.05) is 13.1 Å². The molecule has 1 saturated carbocycles. The van der Waals surface area contributed by atoms with Crippen molar-refractivity contribution in [1.29, 1.82) is 0 Å². The van der Waals surface area contributed by atoms with Crippen LogP contribution in [0.2, 0.25) is 0 Å². The Hall–Kier alpha value is -1.26. The normalized spacial score (nSPS) is 27.1. The zero-order valence-electron chi connectivity index (χ0n) is 12.9. The van der Waals surface area contributed by atoms with Gasteiger partial charge in [0.25, 0.3) is 0 Å². The van der Waals surface area contributed by atoms with Crippen molar-refractivity contribution in [3.05, 3.63) is 0 Å². The van der Waals surface area contributed by atoms with Crippen LogP contribution in [0.15, 0.2) is 5.16 Å². The molecule has 1 atom stereocenters. The maximum absolute atomic E-state index is 12.6. The molecule has 1 heterocycles. The second kappa shape index (κ2) is 5.26. The summed E-state index contributed by atoms with van der Waals surface area (Å²) in [6.07, 6.45) is 4.67. The average molecular weight is 281 g/mol. The Bertz CT molecular complexity index is 408. The molecule has 0 spiro atoms.